The number of nitrogens with one attached hydrogen (secondary N) is 2. The van der Waals surface area contributed by atoms with Crippen molar-refractivity contribution in [2.75, 3.05) is 39.3 Å². The Morgan fingerprint density at radius 3 is 2.62 bits per heavy atom. The zero-order chi connectivity index (χ0) is 15.2. The van der Waals surface area contributed by atoms with Crippen LogP contribution in [0.4, 0.5) is 13.2 Å². The molecule has 0 saturated carbocycles. The molecule has 0 aliphatic carbocycles. The Morgan fingerprint density at radius 2 is 1.90 bits per heavy atom. The van der Waals surface area contributed by atoms with Crippen LogP contribution in [0.5, 0.6) is 0 Å². The van der Waals surface area contributed by atoms with Crippen LogP contribution in [-0.4, -0.2) is 50.1 Å². The predicted molar refractivity (Wildman–Crippen MR) is 72.6 cm³/mol. The van der Waals surface area contributed by atoms with Gasteiger partial charge >= 0.3 is 0 Å². The van der Waals surface area contributed by atoms with Crippen molar-refractivity contribution in [2.24, 2.45) is 0 Å². The van der Waals surface area contributed by atoms with Gasteiger partial charge in [0.2, 0.25) is 0 Å². The summed E-state index contributed by atoms with van der Waals surface area (Å²) >= 11 is 0. The summed E-state index contributed by atoms with van der Waals surface area (Å²) in [5.74, 6) is -5.10. The molecule has 7 heteroatoms. The summed E-state index contributed by atoms with van der Waals surface area (Å²) in [6.45, 7) is 5.03. The molecule has 0 spiro atoms. The molecular formula is C14H18F3N3O. The summed E-state index contributed by atoms with van der Waals surface area (Å²) in [4.78, 5) is 14.0. The van der Waals surface area contributed by atoms with Crippen molar-refractivity contribution < 1.29 is 18.0 Å². The summed E-state index contributed by atoms with van der Waals surface area (Å²) in [6.07, 6.45) is 0.719. The van der Waals surface area contributed by atoms with Crippen LogP contribution >= 0.6 is 0 Å². The fraction of sp³-hybridized carbons (Fsp3) is 0.500. The molecule has 2 N–H and O–H groups in total. The van der Waals surface area contributed by atoms with Gasteiger partial charge in [-0.2, -0.15) is 0 Å². The molecule has 4 nitrogen and oxygen atoms in total. The molecule has 1 saturated heterocycles. The fourth-order valence-corrected chi connectivity index (χ4v) is 2.24. The predicted octanol–water partition coefficient (Wildman–Crippen LogP) is 1.13. The van der Waals surface area contributed by atoms with Crippen molar-refractivity contribution in [3.63, 3.8) is 0 Å². The molecule has 1 aromatic rings. The van der Waals surface area contributed by atoms with E-state index in [0.29, 0.717) is 6.54 Å². The van der Waals surface area contributed by atoms with Crippen LogP contribution in [0.15, 0.2) is 12.1 Å². The molecular weight excluding hydrogens is 283 g/mol. The van der Waals surface area contributed by atoms with Crippen molar-refractivity contribution in [3.05, 3.63) is 35.1 Å². The summed E-state index contributed by atoms with van der Waals surface area (Å²) in [5.41, 5.74) is -0.476. The smallest absolute Gasteiger partial charge is 0.254 e. The average molecular weight is 301 g/mol. The van der Waals surface area contributed by atoms with Crippen molar-refractivity contribution >= 4 is 5.91 Å². The molecule has 0 aromatic heterocycles. The normalized spacial score (nSPS) is 16.0. The number of amides is 1. The van der Waals surface area contributed by atoms with Crippen molar-refractivity contribution in [2.45, 2.75) is 6.42 Å². The third-order valence-corrected chi connectivity index (χ3v) is 3.43. The number of rotatable bonds is 5. The minimum atomic E-state index is -1.62. The first-order valence-corrected chi connectivity index (χ1v) is 6.94. The second-order valence-corrected chi connectivity index (χ2v) is 4.92. The molecule has 1 aliphatic rings. The number of hydrogen-bond acceptors (Lipinski definition) is 3. The van der Waals surface area contributed by atoms with Crippen LogP contribution in [-0.2, 0) is 0 Å². The number of carbonyl (C=O) groups excluding carboxylic acids is 1. The average Bonchev–Trinajstić information content (AvgIpc) is 2.50. The van der Waals surface area contributed by atoms with Gasteiger partial charge in [-0.05, 0) is 25.1 Å². The van der Waals surface area contributed by atoms with Gasteiger partial charge in [0.25, 0.3) is 5.91 Å². The Kier molecular flexibility index (Phi) is 5.58. The lowest BCUT2D eigenvalue weighted by atomic mass is 10.2. The number of piperazine rings is 1. The molecule has 21 heavy (non-hydrogen) atoms. The van der Waals surface area contributed by atoms with E-state index >= 15 is 0 Å². The number of benzene rings is 1. The molecule has 116 valence electrons. The largest absolute Gasteiger partial charge is 0.352 e. The first-order chi connectivity index (χ1) is 10.1. The fourth-order valence-electron chi connectivity index (χ4n) is 2.24. The van der Waals surface area contributed by atoms with Gasteiger partial charge in [-0.25, -0.2) is 13.2 Å². The third-order valence-electron chi connectivity index (χ3n) is 3.43. The van der Waals surface area contributed by atoms with Gasteiger partial charge in [-0.15, -0.1) is 0 Å². The molecule has 0 atom stereocenters. The van der Waals surface area contributed by atoms with Crippen LogP contribution in [0, 0.1) is 17.5 Å². The van der Waals surface area contributed by atoms with Crippen LogP contribution < -0.4 is 10.6 Å². The zero-order valence-electron chi connectivity index (χ0n) is 11.6. The quantitative estimate of drug-likeness (QED) is 0.633. The second kappa shape index (κ2) is 7.42. The maximum Gasteiger partial charge on any atom is 0.254 e. The van der Waals surface area contributed by atoms with Gasteiger partial charge in [0.1, 0.15) is 0 Å². The van der Waals surface area contributed by atoms with E-state index in [1.54, 1.807) is 0 Å². The highest BCUT2D eigenvalue weighted by Crippen LogP contribution is 2.14. The molecule has 1 aromatic carbocycles. The van der Waals surface area contributed by atoms with Gasteiger partial charge in [0, 0.05) is 32.7 Å². The molecule has 1 aliphatic heterocycles. The Bertz CT molecular complexity index is 504. The van der Waals surface area contributed by atoms with Crippen LogP contribution in [0.2, 0.25) is 0 Å². The Morgan fingerprint density at radius 1 is 1.19 bits per heavy atom. The van der Waals surface area contributed by atoms with Gasteiger partial charge < -0.3 is 15.5 Å². The molecule has 0 radical (unpaired) electrons. The monoisotopic (exact) mass is 301 g/mol. The molecule has 0 unspecified atom stereocenters. The number of hydrogen-bond donors (Lipinski definition) is 2. The van der Waals surface area contributed by atoms with Crippen molar-refractivity contribution in [1.29, 1.82) is 0 Å². The zero-order valence-corrected chi connectivity index (χ0v) is 11.6. The lowest BCUT2D eigenvalue weighted by molar-refractivity contribution is 0.0946. The van der Waals surface area contributed by atoms with Crippen LogP contribution in [0.25, 0.3) is 0 Å². The maximum absolute atomic E-state index is 13.4. The van der Waals surface area contributed by atoms with Gasteiger partial charge in [0.15, 0.2) is 17.5 Å². The summed E-state index contributed by atoms with van der Waals surface area (Å²) < 4.78 is 39.2. The molecule has 1 amide bonds. The first-order valence-electron chi connectivity index (χ1n) is 6.94. The maximum atomic E-state index is 13.4. The topological polar surface area (TPSA) is 44.4 Å². The van der Waals surface area contributed by atoms with E-state index in [2.05, 4.69) is 15.5 Å². The van der Waals surface area contributed by atoms with E-state index in [9.17, 15) is 18.0 Å². The van der Waals surface area contributed by atoms with E-state index in [-0.39, 0.29) is 0 Å². The van der Waals surface area contributed by atoms with Gasteiger partial charge in [-0.1, -0.05) is 0 Å². The van der Waals surface area contributed by atoms with Gasteiger partial charge in [0.05, 0.1) is 5.56 Å². The standard InChI is InChI=1S/C14H18F3N3O/c15-11-3-2-10(12(16)13(11)17)14(21)19-4-1-7-20-8-5-18-6-9-20/h2-3,18H,1,4-9H2,(H,19,21). The first kappa shape index (κ1) is 15.8. The molecule has 0 bridgehead atoms. The van der Waals surface area contributed by atoms with Gasteiger partial charge in [-0.3, -0.25) is 4.79 Å². The third kappa shape index (κ3) is 4.18. The van der Waals surface area contributed by atoms with E-state index < -0.39 is 28.9 Å². The van der Waals surface area contributed by atoms with Crippen LogP contribution in [0.3, 0.4) is 0 Å². The number of carbonyl (C=O) groups is 1. The van der Waals surface area contributed by atoms with Crippen molar-refractivity contribution in [1.82, 2.24) is 15.5 Å². The SMILES string of the molecule is O=C(NCCCN1CCNCC1)c1ccc(F)c(F)c1F. The minimum Gasteiger partial charge on any atom is -0.352 e. The highest BCUT2D eigenvalue weighted by atomic mass is 19.2. The second-order valence-electron chi connectivity index (χ2n) is 4.92. The van der Waals surface area contributed by atoms with E-state index in [1.165, 1.54) is 0 Å². The lowest BCUT2D eigenvalue weighted by Crippen LogP contribution is -2.44. The Balaban J connectivity index is 1.78. The molecule has 1 heterocycles. The van der Waals surface area contributed by atoms with E-state index in [4.69, 9.17) is 0 Å². The van der Waals surface area contributed by atoms with E-state index in [0.717, 1.165) is 51.3 Å². The number of nitrogens with zero attached hydrogens (tertiary/aromatic N) is 1. The lowest BCUT2D eigenvalue weighted by Gasteiger charge is -2.27. The minimum absolute atomic E-state index is 0.362. The highest BCUT2D eigenvalue weighted by Gasteiger charge is 2.18. The summed E-state index contributed by atoms with van der Waals surface area (Å²) in [5, 5.41) is 5.76. The van der Waals surface area contributed by atoms with E-state index in [1.807, 2.05) is 0 Å². The molecule has 1 fully saturated rings. The number of halogens is 3. The summed E-state index contributed by atoms with van der Waals surface area (Å²) in [7, 11) is 0. The summed E-state index contributed by atoms with van der Waals surface area (Å²) in [6, 6.07) is 1.69. The Hall–Kier alpha value is -1.60. The highest BCUT2D eigenvalue weighted by molar-refractivity contribution is 5.94. The van der Waals surface area contributed by atoms with Crippen molar-refractivity contribution in [3.8, 4) is 0 Å². The molecule has 2 rings (SSSR count). The Labute approximate surface area is 121 Å². The van der Waals surface area contributed by atoms with Crippen LogP contribution in [0.1, 0.15) is 16.8 Å².